The fourth-order valence-corrected chi connectivity index (χ4v) is 3.85. The molecule has 2 fully saturated rings. The van der Waals surface area contributed by atoms with Crippen LogP contribution in [0.3, 0.4) is 0 Å². The fraction of sp³-hybridized carbons (Fsp3) is 1.00. The molecule has 17 heavy (non-hydrogen) atoms. The fourth-order valence-electron chi connectivity index (χ4n) is 3.85. The van der Waals surface area contributed by atoms with Crippen LogP contribution in [0.4, 0.5) is 0 Å². The van der Waals surface area contributed by atoms with Crippen LogP contribution in [0, 0.1) is 5.92 Å². The van der Waals surface area contributed by atoms with Gasteiger partial charge in [0.2, 0.25) is 0 Å². The highest BCUT2D eigenvalue weighted by atomic mass is 15.1. The van der Waals surface area contributed by atoms with Crippen LogP contribution in [0.2, 0.25) is 0 Å². The molecular formula is C15H30N2. The smallest absolute Gasteiger partial charge is 0.0104 e. The third kappa shape index (κ3) is 3.69. The number of hydrogen-bond acceptors (Lipinski definition) is 2. The summed E-state index contributed by atoms with van der Waals surface area (Å²) >= 11 is 0. The van der Waals surface area contributed by atoms with E-state index < -0.39 is 0 Å². The van der Waals surface area contributed by atoms with Crippen LogP contribution in [-0.2, 0) is 0 Å². The summed E-state index contributed by atoms with van der Waals surface area (Å²) in [5.74, 6) is 0.882. The van der Waals surface area contributed by atoms with Crippen molar-refractivity contribution in [2.75, 3.05) is 20.6 Å². The zero-order valence-corrected chi connectivity index (χ0v) is 11.8. The number of hydrogen-bond donors (Lipinski definition) is 1. The van der Waals surface area contributed by atoms with Crippen LogP contribution >= 0.6 is 0 Å². The third-order valence-electron chi connectivity index (χ3n) is 5.00. The summed E-state index contributed by atoms with van der Waals surface area (Å²) in [5.41, 5.74) is 0. The Morgan fingerprint density at radius 3 is 2.29 bits per heavy atom. The van der Waals surface area contributed by atoms with Gasteiger partial charge in [0.1, 0.15) is 0 Å². The van der Waals surface area contributed by atoms with E-state index >= 15 is 0 Å². The average molecular weight is 238 g/mol. The normalized spacial score (nSPS) is 31.9. The SMILES string of the molecule is CNC1CCCCCC1CN(C)C1CCCC1. The molecule has 0 aromatic heterocycles. The Hall–Kier alpha value is -0.0800. The minimum Gasteiger partial charge on any atom is -0.317 e. The second-order valence-electron chi connectivity index (χ2n) is 6.17. The van der Waals surface area contributed by atoms with Crippen molar-refractivity contribution in [2.24, 2.45) is 5.92 Å². The molecule has 2 rings (SSSR count). The lowest BCUT2D eigenvalue weighted by atomic mass is 9.93. The third-order valence-corrected chi connectivity index (χ3v) is 5.00. The van der Waals surface area contributed by atoms with Gasteiger partial charge in [-0.25, -0.2) is 0 Å². The molecule has 2 saturated carbocycles. The highest BCUT2D eigenvalue weighted by molar-refractivity contribution is 4.83. The molecule has 0 aliphatic heterocycles. The maximum Gasteiger partial charge on any atom is 0.0104 e. The average Bonchev–Trinajstić information content (AvgIpc) is 2.78. The first-order chi connectivity index (χ1) is 8.31. The molecule has 0 aromatic carbocycles. The monoisotopic (exact) mass is 238 g/mol. The predicted molar refractivity (Wildman–Crippen MR) is 74.3 cm³/mol. The first-order valence-electron chi connectivity index (χ1n) is 7.68. The molecule has 2 heteroatoms. The van der Waals surface area contributed by atoms with Crippen LogP contribution in [0.15, 0.2) is 0 Å². The van der Waals surface area contributed by atoms with E-state index in [2.05, 4.69) is 24.3 Å². The molecule has 2 atom stereocenters. The van der Waals surface area contributed by atoms with Crippen molar-refractivity contribution in [3.63, 3.8) is 0 Å². The van der Waals surface area contributed by atoms with Gasteiger partial charge in [-0.1, -0.05) is 32.1 Å². The van der Waals surface area contributed by atoms with Gasteiger partial charge < -0.3 is 10.2 Å². The van der Waals surface area contributed by atoms with E-state index in [9.17, 15) is 0 Å². The first-order valence-corrected chi connectivity index (χ1v) is 7.68. The van der Waals surface area contributed by atoms with Gasteiger partial charge in [0.15, 0.2) is 0 Å². The van der Waals surface area contributed by atoms with Gasteiger partial charge >= 0.3 is 0 Å². The van der Waals surface area contributed by atoms with Gasteiger partial charge in [-0.2, -0.15) is 0 Å². The van der Waals surface area contributed by atoms with E-state index in [4.69, 9.17) is 0 Å². The Morgan fingerprint density at radius 2 is 1.59 bits per heavy atom. The van der Waals surface area contributed by atoms with Gasteiger partial charge in [-0.3, -0.25) is 0 Å². The van der Waals surface area contributed by atoms with E-state index in [1.807, 2.05) is 0 Å². The molecule has 2 aliphatic rings. The quantitative estimate of drug-likeness (QED) is 0.757. The maximum absolute atomic E-state index is 3.56. The summed E-state index contributed by atoms with van der Waals surface area (Å²) in [4.78, 5) is 2.66. The first kappa shape index (κ1) is 13.4. The molecule has 2 aliphatic carbocycles. The predicted octanol–water partition coefficient (Wildman–Crippen LogP) is 3.03. The molecule has 0 bridgehead atoms. The molecule has 0 amide bonds. The second kappa shape index (κ2) is 6.75. The Morgan fingerprint density at radius 1 is 0.941 bits per heavy atom. The summed E-state index contributed by atoms with van der Waals surface area (Å²) in [6.07, 6.45) is 12.9. The molecule has 0 radical (unpaired) electrons. The van der Waals surface area contributed by atoms with Crippen molar-refractivity contribution in [3.05, 3.63) is 0 Å². The number of rotatable bonds is 4. The van der Waals surface area contributed by atoms with Crippen molar-refractivity contribution in [1.29, 1.82) is 0 Å². The molecule has 100 valence electrons. The van der Waals surface area contributed by atoms with E-state index in [1.165, 1.54) is 64.3 Å². The Bertz CT molecular complexity index is 211. The lowest BCUT2D eigenvalue weighted by Gasteiger charge is -2.32. The van der Waals surface area contributed by atoms with Gasteiger partial charge in [0.25, 0.3) is 0 Å². The Balaban J connectivity index is 1.85. The highest BCUT2D eigenvalue weighted by Crippen LogP contribution is 2.27. The molecule has 2 unspecified atom stereocenters. The number of nitrogens with one attached hydrogen (secondary N) is 1. The van der Waals surface area contributed by atoms with E-state index in [1.54, 1.807) is 0 Å². The van der Waals surface area contributed by atoms with Gasteiger partial charge in [0, 0.05) is 18.6 Å². The number of nitrogens with zero attached hydrogens (tertiary/aromatic N) is 1. The van der Waals surface area contributed by atoms with Gasteiger partial charge in [0.05, 0.1) is 0 Å². The highest BCUT2D eigenvalue weighted by Gasteiger charge is 2.27. The molecule has 0 aromatic rings. The summed E-state index contributed by atoms with van der Waals surface area (Å²) in [6, 6.07) is 1.65. The van der Waals surface area contributed by atoms with Crippen molar-refractivity contribution in [2.45, 2.75) is 69.9 Å². The van der Waals surface area contributed by atoms with Crippen LogP contribution in [-0.4, -0.2) is 37.6 Å². The topological polar surface area (TPSA) is 15.3 Å². The standard InChI is InChI=1S/C15H30N2/c1-16-15-11-5-3-4-8-13(15)12-17(2)14-9-6-7-10-14/h13-16H,3-12H2,1-2H3. The van der Waals surface area contributed by atoms with E-state index in [0.717, 1.165) is 18.0 Å². The van der Waals surface area contributed by atoms with Crippen LogP contribution in [0.25, 0.3) is 0 Å². The zero-order chi connectivity index (χ0) is 12.1. The molecule has 0 saturated heterocycles. The Labute approximate surface area is 107 Å². The zero-order valence-electron chi connectivity index (χ0n) is 11.8. The van der Waals surface area contributed by atoms with Crippen LogP contribution in [0.1, 0.15) is 57.8 Å². The van der Waals surface area contributed by atoms with E-state index in [0.29, 0.717) is 0 Å². The summed E-state index contributed by atoms with van der Waals surface area (Å²) in [7, 11) is 4.51. The summed E-state index contributed by atoms with van der Waals surface area (Å²) in [5, 5.41) is 3.56. The summed E-state index contributed by atoms with van der Waals surface area (Å²) < 4.78 is 0. The van der Waals surface area contributed by atoms with Crippen molar-refractivity contribution >= 4 is 0 Å². The van der Waals surface area contributed by atoms with Gasteiger partial charge in [-0.05, 0) is 45.7 Å². The van der Waals surface area contributed by atoms with Crippen LogP contribution < -0.4 is 5.32 Å². The molecular weight excluding hydrogens is 208 g/mol. The molecule has 2 nitrogen and oxygen atoms in total. The maximum atomic E-state index is 3.56. The van der Waals surface area contributed by atoms with Crippen molar-refractivity contribution in [3.8, 4) is 0 Å². The van der Waals surface area contributed by atoms with Gasteiger partial charge in [-0.15, -0.1) is 0 Å². The molecule has 0 heterocycles. The van der Waals surface area contributed by atoms with Crippen molar-refractivity contribution < 1.29 is 0 Å². The molecule has 0 spiro atoms. The molecule has 1 N–H and O–H groups in total. The minimum absolute atomic E-state index is 0.765. The van der Waals surface area contributed by atoms with Crippen molar-refractivity contribution in [1.82, 2.24) is 10.2 Å². The lowest BCUT2D eigenvalue weighted by molar-refractivity contribution is 0.180. The Kier molecular flexibility index (Phi) is 5.30. The van der Waals surface area contributed by atoms with Crippen LogP contribution in [0.5, 0.6) is 0 Å². The minimum atomic E-state index is 0.765. The lowest BCUT2D eigenvalue weighted by Crippen LogP contribution is -2.42. The second-order valence-corrected chi connectivity index (χ2v) is 6.17. The van der Waals surface area contributed by atoms with E-state index in [-0.39, 0.29) is 0 Å². The summed E-state index contributed by atoms with van der Waals surface area (Å²) in [6.45, 7) is 1.32. The largest absolute Gasteiger partial charge is 0.317 e.